The Morgan fingerprint density at radius 1 is 1.21 bits per heavy atom. The second kappa shape index (κ2) is 8.87. The number of rotatable bonds is 6. The highest BCUT2D eigenvalue weighted by atomic mass is 79.9. The maximum absolute atomic E-state index is 12.0. The molecule has 3 rings (SSSR count). The van der Waals surface area contributed by atoms with E-state index in [1.807, 2.05) is 19.1 Å². The number of halogens is 1. The Morgan fingerprint density at radius 2 is 1.93 bits per heavy atom. The van der Waals surface area contributed by atoms with Gasteiger partial charge in [0.05, 0.1) is 17.7 Å². The largest absolute Gasteiger partial charge is 0.493 e. The molecule has 0 saturated heterocycles. The summed E-state index contributed by atoms with van der Waals surface area (Å²) in [6, 6.07) is 9.85. The van der Waals surface area contributed by atoms with E-state index in [9.17, 15) is 14.7 Å². The third kappa shape index (κ3) is 4.80. The molecule has 1 amide bonds. The molecule has 2 aromatic carbocycles. The van der Waals surface area contributed by atoms with Crippen LogP contribution in [-0.2, 0) is 9.53 Å². The van der Waals surface area contributed by atoms with Crippen molar-refractivity contribution in [2.75, 3.05) is 13.2 Å². The van der Waals surface area contributed by atoms with Gasteiger partial charge in [0.25, 0.3) is 0 Å². The summed E-state index contributed by atoms with van der Waals surface area (Å²) in [6.45, 7) is 3.59. The lowest BCUT2D eigenvalue weighted by molar-refractivity contribution is -0.120. The van der Waals surface area contributed by atoms with Crippen LogP contribution in [0, 0.1) is 6.92 Å². The number of aromatic nitrogens is 1. The van der Waals surface area contributed by atoms with Gasteiger partial charge in [0.2, 0.25) is 5.88 Å². The van der Waals surface area contributed by atoms with Gasteiger partial charge in [-0.25, -0.2) is 4.79 Å². The van der Waals surface area contributed by atoms with E-state index >= 15 is 0 Å². The van der Waals surface area contributed by atoms with Crippen molar-refractivity contribution in [2.45, 2.75) is 13.8 Å². The van der Waals surface area contributed by atoms with Crippen LogP contribution in [0.5, 0.6) is 11.6 Å². The number of nitrogens with one attached hydrogen (secondary N) is 1. The SMILES string of the molecule is CCOC(=O)c1ccc(OCC(=O)N=Nc2c(O)[nH]c3cc(Br)c(C)cc23)cc1. The highest BCUT2D eigenvalue weighted by Crippen LogP contribution is 2.37. The molecule has 0 aliphatic rings. The number of aryl methyl sites for hydroxylation is 1. The molecule has 0 fully saturated rings. The highest BCUT2D eigenvalue weighted by molar-refractivity contribution is 9.10. The van der Waals surface area contributed by atoms with Gasteiger partial charge in [-0.05, 0) is 55.8 Å². The van der Waals surface area contributed by atoms with Crippen LogP contribution in [-0.4, -0.2) is 35.2 Å². The Bertz CT molecular complexity index is 1090. The zero-order chi connectivity index (χ0) is 21.0. The molecule has 0 saturated carbocycles. The van der Waals surface area contributed by atoms with Crippen LogP contribution >= 0.6 is 15.9 Å². The van der Waals surface area contributed by atoms with E-state index in [1.54, 1.807) is 31.2 Å². The van der Waals surface area contributed by atoms with Crippen molar-refractivity contribution in [2.24, 2.45) is 10.2 Å². The van der Waals surface area contributed by atoms with Gasteiger partial charge in [-0.1, -0.05) is 15.9 Å². The molecule has 0 aliphatic carbocycles. The van der Waals surface area contributed by atoms with Crippen LogP contribution in [0.3, 0.4) is 0 Å². The molecule has 0 atom stereocenters. The summed E-state index contributed by atoms with van der Waals surface area (Å²) in [4.78, 5) is 26.4. The number of hydrogen-bond acceptors (Lipinski definition) is 6. The average Bonchev–Trinajstić information content (AvgIpc) is 2.99. The first kappa shape index (κ1) is 20.5. The number of ether oxygens (including phenoxy) is 2. The minimum absolute atomic E-state index is 0.176. The summed E-state index contributed by atoms with van der Waals surface area (Å²) >= 11 is 3.42. The molecule has 3 aromatic rings. The van der Waals surface area contributed by atoms with E-state index in [0.717, 1.165) is 10.0 Å². The minimum Gasteiger partial charge on any atom is -0.493 e. The third-order valence-corrected chi connectivity index (χ3v) is 4.87. The lowest BCUT2D eigenvalue weighted by Crippen LogP contribution is -2.08. The number of amides is 1. The number of esters is 1. The average molecular weight is 460 g/mol. The van der Waals surface area contributed by atoms with Crippen LogP contribution in [0.15, 0.2) is 51.1 Å². The van der Waals surface area contributed by atoms with Gasteiger partial charge in [0.15, 0.2) is 12.3 Å². The number of benzene rings is 2. The molecule has 0 spiro atoms. The number of azo groups is 1. The number of hydrogen-bond donors (Lipinski definition) is 2. The van der Waals surface area contributed by atoms with E-state index in [1.165, 1.54) is 0 Å². The molecule has 1 aromatic heterocycles. The van der Waals surface area contributed by atoms with Gasteiger partial charge < -0.3 is 19.6 Å². The van der Waals surface area contributed by atoms with Crippen molar-refractivity contribution in [1.29, 1.82) is 0 Å². The van der Waals surface area contributed by atoms with Gasteiger partial charge in [0, 0.05) is 9.86 Å². The van der Waals surface area contributed by atoms with Crippen molar-refractivity contribution in [3.63, 3.8) is 0 Å². The zero-order valence-electron chi connectivity index (χ0n) is 15.7. The van der Waals surface area contributed by atoms with Crippen LogP contribution < -0.4 is 4.74 Å². The Hall–Kier alpha value is -3.20. The topological polar surface area (TPSA) is 113 Å². The summed E-state index contributed by atoms with van der Waals surface area (Å²) < 4.78 is 11.1. The quantitative estimate of drug-likeness (QED) is 0.405. The molecule has 0 unspecified atom stereocenters. The summed E-state index contributed by atoms with van der Waals surface area (Å²) in [5.74, 6) is -0.826. The second-order valence-corrected chi connectivity index (χ2v) is 6.95. The van der Waals surface area contributed by atoms with Gasteiger partial charge in [-0.3, -0.25) is 4.79 Å². The molecular formula is C20H18BrN3O5. The van der Waals surface area contributed by atoms with E-state index < -0.39 is 11.9 Å². The normalized spacial score (nSPS) is 11.1. The summed E-state index contributed by atoms with van der Waals surface area (Å²) in [5, 5.41) is 18.2. The number of nitrogens with zero attached hydrogens (tertiary/aromatic N) is 2. The van der Waals surface area contributed by atoms with E-state index in [0.29, 0.717) is 28.8 Å². The first-order chi connectivity index (χ1) is 13.9. The molecule has 0 bridgehead atoms. The third-order valence-electron chi connectivity index (χ3n) is 4.02. The van der Waals surface area contributed by atoms with Gasteiger partial charge in [-0.2, -0.15) is 0 Å². The standard InChI is InChI=1S/C20H18BrN3O5/c1-3-28-20(27)12-4-6-13(7-5-12)29-10-17(25)23-24-18-14-8-11(2)15(21)9-16(14)22-19(18)26/h4-9,22,26H,3,10H2,1-2H3. The molecule has 1 heterocycles. The smallest absolute Gasteiger partial charge is 0.338 e. The fourth-order valence-electron chi connectivity index (χ4n) is 2.58. The Morgan fingerprint density at radius 3 is 2.62 bits per heavy atom. The number of fused-ring (bicyclic) bond motifs is 1. The molecular weight excluding hydrogens is 442 g/mol. The predicted octanol–water partition coefficient (Wildman–Crippen LogP) is 4.81. The Balaban J connectivity index is 1.65. The molecule has 0 aliphatic heterocycles. The van der Waals surface area contributed by atoms with Gasteiger partial charge >= 0.3 is 11.9 Å². The lowest BCUT2D eigenvalue weighted by Gasteiger charge is -2.05. The van der Waals surface area contributed by atoms with Crippen molar-refractivity contribution in [1.82, 2.24) is 4.98 Å². The van der Waals surface area contributed by atoms with Crippen LogP contribution in [0.4, 0.5) is 5.69 Å². The number of aromatic hydroxyl groups is 1. The maximum atomic E-state index is 12.0. The van der Waals surface area contributed by atoms with Crippen molar-refractivity contribution in [3.05, 3.63) is 52.0 Å². The maximum Gasteiger partial charge on any atom is 0.338 e. The Labute approximate surface area is 174 Å². The number of carbonyl (C=O) groups is 2. The molecule has 8 nitrogen and oxygen atoms in total. The summed E-state index contributed by atoms with van der Waals surface area (Å²) in [6.07, 6.45) is 0. The van der Waals surface area contributed by atoms with Crippen LogP contribution in [0.2, 0.25) is 0 Å². The van der Waals surface area contributed by atoms with Gasteiger partial charge in [-0.15, -0.1) is 10.2 Å². The summed E-state index contributed by atoms with van der Waals surface area (Å²) in [5.41, 5.74) is 2.19. The number of H-pyrrole nitrogens is 1. The van der Waals surface area contributed by atoms with Crippen LogP contribution in [0.25, 0.3) is 10.9 Å². The lowest BCUT2D eigenvalue weighted by atomic mass is 10.1. The van der Waals surface area contributed by atoms with Gasteiger partial charge in [0.1, 0.15) is 5.75 Å². The van der Waals surface area contributed by atoms with E-state index in [2.05, 4.69) is 31.1 Å². The fraction of sp³-hybridized carbons (Fsp3) is 0.200. The van der Waals surface area contributed by atoms with E-state index in [-0.39, 0.29) is 18.2 Å². The minimum atomic E-state index is -0.623. The second-order valence-electron chi connectivity index (χ2n) is 6.10. The molecule has 0 radical (unpaired) electrons. The van der Waals surface area contributed by atoms with Crippen LogP contribution in [0.1, 0.15) is 22.8 Å². The molecule has 2 N–H and O–H groups in total. The molecule has 29 heavy (non-hydrogen) atoms. The van der Waals surface area contributed by atoms with Crippen molar-refractivity contribution >= 4 is 44.4 Å². The predicted molar refractivity (Wildman–Crippen MR) is 110 cm³/mol. The monoisotopic (exact) mass is 459 g/mol. The molecule has 150 valence electrons. The first-order valence-corrected chi connectivity index (χ1v) is 9.53. The van der Waals surface area contributed by atoms with Crippen molar-refractivity contribution < 1.29 is 24.2 Å². The Kier molecular flexibility index (Phi) is 6.28. The van der Waals surface area contributed by atoms with E-state index in [4.69, 9.17) is 9.47 Å². The van der Waals surface area contributed by atoms with Crippen molar-refractivity contribution in [3.8, 4) is 11.6 Å². The zero-order valence-corrected chi connectivity index (χ0v) is 17.3. The summed E-state index contributed by atoms with van der Waals surface area (Å²) in [7, 11) is 0. The number of aromatic amines is 1. The number of carbonyl (C=O) groups excluding carboxylic acids is 2. The molecule has 9 heteroatoms. The fourth-order valence-corrected chi connectivity index (χ4v) is 2.92. The first-order valence-electron chi connectivity index (χ1n) is 8.74. The highest BCUT2D eigenvalue weighted by Gasteiger charge is 2.13.